The Balaban J connectivity index is 2.53. The molecule has 1 aromatic carbocycles. The molecular formula is C12H11N3O4. The molecule has 0 aliphatic carbocycles. The second kappa shape index (κ2) is 4.52. The van der Waals surface area contributed by atoms with Crippen molar-refractivity contribution in [1.82, 2.24) is 9.78 Å². The van der Waals surface area contributed by atoms with Crippen LogP contribution in [0.4, 0.5) is 5.69 Å². The van der Waals surface area contributed by atoms with Gasteiger partial charge in [0.15, 0.2) is 5.69 Å². The fraction of sp³-hybridized carbons (Fsp3) is 0.167. The summed E-state index contributed by atoms with van der Waals surface area (Å²) in [7, 11) is 0. The van der Waals surface area contributed by atoms with E-state index in [4.69, 9.17) is 5.11 Å². The van der Waals surface area contributed by atoms with Crippen molar-refractivity contribution in [2.24, 2.45) is 0 Å². The van der Waals surface area contributed by atoms with Crippen LogP contribution in [0.5, 0.6) is 0 Å². The molecule has 0 amide bonds. The van der Waals surface area contributed by atoms with Crippen LogP contribution in [-0.4, -0.2) is 25.8 Å². The van der Waals surface area contributed by atoms with Gasteiger partial charge in [0, 0.05) is 23.4 Å². The van der Waals surface area contributed by atoms with Gasteiger partial charge in [-0.1, -0.05) is 6.07 Å². The van der Waals surface area contributed by atoms with Gasteiger partial charge in [-0.05, 0) is 19.9 Å². The smallest absolute Gasteiger partial charge is 0.356 e. The van der Waals surface area contributed by atoms with Crippen molar-refractivity contribution in [3.05, 3.63) is 51.3 Å². The fourth-order valence-corrected chi connectivity index (χ4v) is 1.74. The van der Waals surface area contributed by atoms with Crippen molar-refractivity contribution < 1.29 is 14.8 Å². The lowest BCUT2D eigenvalue weighted by atomic mass is 10.2. The minimum atomic E-state index is -1.13. The summed E-state index contributed by atoms with van der Waals surface area (Å²) in [6.07, 6.45) is 1.53. The molecule has 2 rings (SSSR count). The minimum absolute atomic E-state index is 0.0254. The highest BCUT2D eigenvalue weighted by Gasteiger charge is 2.16. The van der Waals surface area contributed by atoms with E-state index in [-0.39, 0.29) is 11.4 Å². The standard InChI is InChI=1S/C12H11N3O4/c1-7-3-4-9(5-10(7)15(18)19)14-6-8(2)11(13-14)12(16)17/h3-6H,1-2H3,(H,16,17). The van der Waals surface area contributed by atoms with E-state index in [0.29, 0.717) is 16.8 Å². The Morgan fingerprint density at radius 1 is 1.37 bits per heavy atom. The molecular weight excluding hydrogens is 250 g/mol. The number of carboxylic acid groups (broad SMARTS) is 1. The lowest BCUT2D eigenvalue weighted by Gasteiger charge is -2.02. The van der Waals surface area contributed by atoms with E-state index in [9.17, 15) is 14.9 Å². The number of rotatable bonds is 3. The first kappa shape index (κ1) is 12.7. The molecule has 7 nitrogen and oxygen atoms in total. The van der Waals surface area contributed by atoms with E-state index in [1.165, 1.54) is 16.9 Å². The number of aromatic nitrogens is 2. The largest absolute Gasteiger partial charge is 0.476 e. The Labute approximate surface area is 108 Å². The van der Waals surface area contributed by atoms with Crippen molar-refractivity contribution in [1.29, 1.82) is 0 Å². The van der Waals surface area contributed by atoms with E-state index in [1.54, 1.807) is 26.0 Å². The van der Waals surface area contributed by atoms with Gasteiger partial charge in [0.25, 0.3) is 5.69 Å². The van der Waals surface area contributed by atoms with Gasteiger partial charge in [-0.15, -0.1) is 0 Å². The predicted octanol–water partition coefficient (Wildman–Crippen LogP) is 2.10. The molecule has 0 atom stereocenters. The number of aryl methyl sites for hydroxylation is 2. The SMILES string of the molecule is Cc1ccc(-n2cc(C)c(C(=O)O)n2)cc1[N+](=O)[O-]. The number of hydrogen-bond donors (Lipinski definition) is 1. The quantitative estimate of drug-likeness (QED) is 0.673. The normalized spacial score (nSPS) is 10.4. The average Bonchev–Trinajstić information content (AvgIpc) is 2.71. The molecule has 2 aromatic rings. The molecule has 0 fully saturated rings. The van der Waals surface area contributed by atoms with Gasteiger partial charge in [0.1, 0.15) is 0 Å². The molecule has 0 saturated heterocycles. The van der Waals surface area contributed by atoms with Gasteiger partial charge in [-0.25, -0.2) is 9.48 Å². The molecule has 19 heavy (non-hydrogen) atoms. The Bertz CT molecular complexity index is 676. The van der Waals surface area contributed by atoms with Crippen LogP contribution >= 0.6 is 0 Å². The zero-order chi connectivity index (χ0) is 14.2. The minimum Gasteiger partial charge on any atom is -0.476 e. The van der Waals surface area contributed by atoms with E-state index in [0.717, 1.165) is 0 Å². The third-order valence-corrected chi connectivity index (χ3v) is 2.75. The maximum atomic E-state index is 10.9. The molecule has 0 bridgehead atoms. The van der Waals surface area contributed by atoms with Crippen LogP contribution in [0.3, 0.4) is 0 Å². The first-order valence-electron chi connectivity index (χ1n) is 5.45. The number of carboxylic acids is 1. The van der Waals surface area contributed by atoms with Crippen molar-refractivity contribution in [3.8, 4) is 5.69 Å². The van der Waals surface area contributed by atoms with E-state index < -0.39 is 10.9 Å². The second-order valence-electron chi connectivity index (χ2n) is 4.14. The van der Waals surface area contributed by atoms with Gasteiger partial charge < -0.3 is 5.11 Å². The number of carbonyl (C=O) groups is 1. The highest BCUT2D eigenvalue weighted by Crippen LogP contribution is 2.22. The monoisotopic (exact) mass is 261 g/mol. The summed E-state index contributed by atoms with van der Waals surface area (Å²) in [6, 6.07) is 4.62. The highest BCUT2D eigenvalue weighted by atomic mass is 16.6. The summed E-state index contributed by atoms with van der Waals surface area (Å²) in [6.45, 7) is 3.26. The summed E-state index contributed by atoms with van der Waals surface area (Å²) in [4.78, 5) is 21.3. The third kappa shape index (κ3) is 2.30. The van der Waals surface area contributed by atoms with Crippen LogP contribution in [0, 0.1) is 24.0 Å². The lowest BCUT2D eigenvalue weighted by Crippen LogP contribution is -2.02. The number of hydrogen-bond acceptors (Lipinski definition) is 4. The molecule has 0 unspecified atom stereocenters. The van der Waals surface area contributed by atoms with Crippen LogP contribution in [0.15, 0.2) is 24.4 Å². The second-order valence-corrected chi connectivity index (χ2v) is 4.14. The van der Waals surface area contributed by atoms with Crippen LogP contribution in [0.1, 0.15) is 21.6 Å². The number of nitro benzene ring substituents is 1. The molecule has 0 spiro atoms. The average molecular weight is 261 g/mol. The molecule has 1 aromatic heterocycles. The number of nitrogens with zero attached hydrogens (tertiary/aromatic N) is 3. The maximum Gasteiger partial charge on any atom is 0.356 e. The zero-order valence-electron chi connectivity index (χ0n) is 10.3. The number of nitro groups is 1. The number of benzene rings is 1. The first-order chi connectivity index (χ1) is 8.90. The maximum absolute atomic E-state index is 10.9. The van der Waals surface area contributed by atoms with Crippen molar-refractivity contribution in [2.75, 3.05) is 0 Å². The fourth-order valence-electron chi connectivity index (χ4n) is 1.74. The third-order valence-electron chi connectivity index (χ3n) is 2.75. The Hall–Kier alpha value is -2.70. The Morgan fingerprint density at radius 2 is 2.05 bits per heavy atom. The Morgan fingerprint density at radius 3 is 2.58 bits per heavy atom. The van der Waals surface area contributed by atoms with E-state index >= 15 is 0 Å². The van der Waals surface area contributed by atoms with Crippen molar-refractivity contribution in [2.45, 2.75) is 13.8 Å². The molecule has 7 heteroatoms. The van der Waals surface area contributed by atoms with Gasteiger partial charge >= 0.3 is 5.97 Å². The van der Waals surface area contributed by atoms with Crippen LogP contribution in [-0.2, 0) is 0 Å². The molecule has 0 radical (unpaired) electrons. The summed E-state index contributed by atoms with van der Waals surface area (Å²) in [5.74, 6) is -1.13. The predicted molar refractivity (Wildman–Crippen MR) is 66.7 cm³/mol. The van der Waals surface area contributed by atoms with Gasteiger partial charge in [0.05, 0.1) is 10.6 Å². The summed E-state index contributed by atoms with van der Waals surface area (Å²) >= 11 is 0. The number of aromatic carboxylic acids is 1. The highest BCUT2D eigenvalue weighted by molar-refractivity contribution is 5.86. The van der Waals surface area contributed by atoms with Crippen LogP contribution in [0.2, 0.25) is 0 Å². The summed E-state index contributed by atoms with van der Waals surface area (Å²) in [5, 5.41) is 23.7. The van der Waals surface area contributed by atoms with Crippen LogP contribution in [0.25, 0.3) is 5.69 Å². The molecule has 0 aliphatic rings. The molecule has 0 saturated carbocycles. The Kier molecular flexibility index (Phi) is 3.04. The van der Waals surface area contributed by atoms with Crippen molar-refractivity contribution >= 4 is 11.7 Å². The van der Waals surface area contributed by atoms with Crippen LogP contribution < -0.4 is 0 Å². The molecule has 98 valence electrons. The molecule has 1 heterocycles. The lowest BCUT2D eigenvalue weighted by molar-refractivity contribution is -0.385. The van der Waals surface area contributed by atoms with Crippen molar-refractivity contribution in [3.63, 3.8) is 0 Å². The van der Waals surface area contributed by atoms with E-state index in [2.05, 4.69) is 5.10 Å². The van der Waals surface area contributed by atoms with E-state index in [1.807, 2.05) is 0 Å². The molecule has 1 N–H and O–H groups in total. The van der Waals surface area contributed by atoms with Gasteiger partial charge in [0.2, 0.25) is 0 Å². The van der Waals surface area contributed by atoms with Gasteiger partial charge in [-0.3, -0.25) is 10.1 Å². The molecule has 0 aliphatic heterocycles. The first-order valence-corrected chi connectivity index (χ1v) is 5.45. The topological polar surface area (TPSA) is 98.3 Å². The summed E-state index contributed by atoms with van der Waals surface area (Å²) < 4.78 is 1.32. The summed E-state index contributed by atoms with van der Waals surface area (Å²) in [5.41, 5.74) is 1.39. The van der Waals surface area contributed by atoms with Gasteiger partial charge in [-0.2, -0.15) is 5.10 Å². The zero-order valence-corrected chi connectivity index (χ0v) is 10.3.